The number of rotatable bonds is 2. The maximum atomic E-state index is 12.6. The van der Waals surface area contributed by atoms with E-state index in [2.05, 4.69) is 10.6 Å². The normalized spacial score (nSPS) is 19.1. The van der Waals surface area contributed by atoms with Crippen molar-refractivity contribution in [1.29, 1.82) is 0 Å². The van der Waals surface area contributed by atoms with E-state index in [0.717, 1.165) is 25.1 Å². The van der Waals surface area contributed by atoms with Crippen molar-refractivity contribution in [2.45, 2.75) is 39.0 Å². The van der Waals surface area contributed by atoms with Crippen LogP contribution in [-0.2, 0) is 0 Å². The summed E-state index contributed by atoms with van der Waals surface area (Å²) >= 11 is 0. The molecule has 0 atom stereocenters. The molecule has 1 aliphatic carbocycles. The average molecular weight is 315 g/mol. The van der Waals surface area contributed by atoms with Gasteiger partial charge in [-0.1, -0.05) is 18.9 Å². The van der Waals surface area contributed by atoms with Gasteiger partial charge in [0.25, 0.3) is 5.91 Å². The van der Waals surface area contributed by atoms with E-state index in [1.807, 2.05) is 17.9 Å². The van der Waals surface area contributed by atoms with Crippen LogP contribution in [0.5, 0.6) is 0 Å². The number of urea groups is 1. The van der Waals surface area contributed by atoms with Crippen molar-refractivity contribution >= 4 is 17.6 Å². The van der Waals surface area contributed by atoms with Crippen LogP contribution in [0.15, 0.2) is 18.2 Å². The van der Waals surface area contributed by atoms with Gasteiger partial charge >= 0.3 is 6.03 Å². The molecule has 1 aromatic carbocycles. The Balaban J connectivity index is 1.69. The molecule has 1 spiro atoms. The summed E-state index contributed by atoms with van der Waals surface area (Å²) in [5, 5.41) is 5.59. The fourth-order valence-corrected chi connectivity index (χ4v) is 3.88. The monoisotopic (exact) mass is 315 g/mol. The molecule has 23 heavy (non-hydrogen) atoms. The molecule has 2 aliphatic rings. The second kappa shape index (κ2) is 6.22. The highest BCUT2D eigenvalue weighted by atomic mass is 16.2. The molecule has 1 saturated heterocycles. The Morgan fingerprint density at radius 2 is 1.91 bits per heavy atom. The van der Waals surface area contributed by atoms with Crippen LogP contribution < -0.4 is 10.6 Å². The average Bonchev–Trinajstić information content (AvgIpc) is 3.19. The number of hydrogen-bond acceptors (Lipinski definition) is 2. The lowest BCUT2D eigenvalue weighted by molar-refractivity contribution is 0.0963. The van der Waals surface area contributed by atoms with Crippen molar-refractivity contribution in [3.8, 4) is 0 Å². The summed E-state index contributed by atoms with van der Waals surface area (Å²) in [6.07, 6.45) is 6.22. The first-order chi connectivity index (χ1) is 11.0. The van der Waals surface area contributed by atoms with E-state index < -0.39 is 0 Å². The summed E-state index contributed by atoms with van der Waals surface area (Å²) in [4.78, 5) is 26.3. The molecule has 3 amide bonds. The second-order valence-corrected chi connectivity index (χ2v) is 6.92. The van der Waals surface area contributed by atoms with Crippen molar-refractivity contribution in [2.75, 3.05) is 25.5 Å². The van der Waals surface area contributed by atoms with E-state index in [-0.39, 0.29) is 11.9 Å². The molecule has 1 saturated carbocycles. The molecule has 1 aromatic rings. The first-order valence-electron chi connectivity index (χ1n) is 8.42. The van der Waals surface area contributed by atoms with E-state index in [4.69, 9.17) is 0 Å². The molecule has 1 aliphatic heterocycles. The molecule has 0 aromatic heterocycles. The number of benzene rings is 1. The van der Waals surface area contributed by atoms with Gasteiger partial charge in [0, 0.05) is 31.4 Å². The van der Waals surface area contributed by atoms with Gasteiger partial charge in [-0.2, -0.15) is 0 Å². The fraction of sp³-hybridized carbons (Fsp3) is 0.556. The van der Waals surface area contributed by atoms with Gasteiger partial charge in [0.2, 0.25) is 0 Å². The Labute approximate surface area is 137 Å². The molecule has 0 unspecified atom stereocenters. The maximum Gasteiger partial charge on any atom is 0.321 e. The molecule has 124 valence electrons. The van der Waals surface area contributed by atoms with Crippen LogP contribution >= 0.6 is 0 Å². The number of carbonyl (C=O) groups excluding carboxylic acids is 2. The minimum absolute atomic E-state index is 0.0501. The van der Waals surface area contributed by atoms with Crippen molar-refractivity contribution < 1.29 is 9.59 Å². The van der Waals surface area contributed by atoms with Crippen molar-refractivity contribution in [3.05, 3.63) is 29.3 Å². The van der Waals surface area contributed by atoms with Crippen molar-refractivity contribution in [3.63, 3.8) is 0 Å². The molecule has 0 radical (unpaired) electrons. The maximum absolute atomic E-state index is 12.6. The Kier molecular flexibility index (Phi) is 4.28. The van der Waals surface area contributed by atoms with Crippen LogP contribution in [0.2, 0.25) is 0 Å². The van der Waals surface area contributed by atoms with Gasteiger partial charge in [-0.15, -0.1) is 0 Å². The summed E-state index contributed by atoms with van der Waals surface area (Å²) in [6.45, 7) is 3.64. The predicted molar refractivity (Wildman–Crippen MR) is 90.7 cm³/mol. The molecule has 5 heteroatoms. The van der Waals surface area contributed by atoms with Gasteiger partial charge in [0.15, 0.2) is 0 Å². The fourth-order valence-electron chi connectivity index (χ4n) is 3.88. The third kappa shape index (κ3) is 3.19. The zero-order valence-corrected chi connectivity index (χ0v) is 13.9. The highest BCUT2D eigenvalue weighted by Crippen LogP contribution is 2.45. The Hall–Kier alpha value is -2.04. The molecule has 5 nitrogen and oxygen atoms in total. The standard InChI is InChI=1S/C18H25N3O2/c1-13-5-6-14(16(22)19-2)11-15(13)20-17(23)21-10-9-18(12-21)7-3-4-8-18/h5-6,11H,3-4,7-10,12H2,1-2H3,(H,19,22)(H,20,23). The SMILES string of the molecule is CNC(=O)c1ccc(C)c(NC(=O)N2CCC3(CCCC3)C2)c1. The third-order valence-corrected chi connectivity index (χ3v) is 5.36. The molecule has 2 fully saturated rings. The first-order valence-corrected chi connectivity index (χ1v) is 8.42. The Bertz CT molecular complexity index is 621. The van der Waals surface area contributed by atoms with Crippen LogP contribution in [0, 0.1) is 12.3 Å². The van der Waals surface area contributed by atoms with Crippen LogP contribution in [0.4, 0.5) is 10.5 Å². The number of hydrogen-bond donors (Lipinski definition) is 2. The molecular weight excluding hydrogens is 290 g/mol. The topological polar surface area (TPSA) is 61.4 Å². The van der Waals surface area contributed by atoms with Gasteiger partial charge in [-0.3, -0.25) is 4.79 Å². The van der Waals surface area contributed by atoms with Gasteiger partial charge in [0.1, 0.15) is 0 Å². The van der Waals surface area contributed by atoms with Crippen LogP contribution in [0.25, 0.3) is 0 Å². The lowest BCUT2D eigenvalue weighted by atomic mass is 9.86. The predicted octanol–water partition coefficient (Wildman–Crippen LogP) is 3.15. The highest BCUT2D eigenvalue weighted by Gasteiger charge is 2.41. The largest absolute Gasteiger partial charge is 0.355 e. The first kappa shape index (κ1) is 15.8. The lowest BCUT2D eigenvalue weighted by Gasteiger charge is -2.24. The van der Waals surface area contributed by atoms with Crippen LogP contribution in [-0.4, -0.2) is 37.0 Å². The van der Waals surface area contributed by atoms with E-state index >= 15 is 0 Å². The summed E-state index contributed by atoms with van der Waals surface area (Å²) in [6, 6.07) is 5.33. The number of nitrogens with zero attached hydrogens (tertiary/aromatic N) is 1. The van der Waals surface area contributed by atoms with Crippen molar-refractivity contribution in [2.24, 2.45) is 5.41 Å². The molecule has 2 N–H and O–H groups in total. The quantitative estimate of drug-likeness (QED) is 0.880. The Morgan fingerprint density at radius 3 is 2.61 bits per heavy atom. The number of aryl methyl sites for hydroxylation is 1. The summed E-state index contributed by atoms with van der Waals surface area (Å²) in [5.41, 5.74) is 2.60. The van der Waals surface area contributed by atoms with E-state index in [9.17, 15) is 9.59 Å². The summed E-state index contributed by atoms with van der Waals surface area (Å²) in [5.74, 6) is -0.147. The second-order valence-electron chi connectivity index (χ2n) is 6.92. The minimum Gasteiger partial charge on any atom is -0.355 e. The van der Waals surface area contributed by atoms with Crippen LogP contribution in [0.3, 0.4) is 0 Å². The Morgan fingerprint density at radius 1 is 1.17 bits per heavy atom. The number of anilines is 1. The number of likely N-dealkylation sites (tertiary alicyclic amines) is 1. The van der Waals surface area contributed by atoms with Gasteiger partial charge in [-0.25, -0.2) is 4.79 Å². The van der Waals surface area contributed by atoms with Gasteiger partial charge < -0.3 is 15.5 Å². The number of nitrogens with one attached hydrogen (secondary N) is 2. The third-order valence-electron chi connectivity index (χ3n) is 5.36. The van der Waals surface area contributed by atoms with Crippen LogP contribution in [0.1, 0.15) is 48.0 Å². The molecule has 3 rings (SSSR count). The zero-order chi connectivity index (χ0) is 16.4. The molecule has 1 heterocycles. The molecular formula is C18H25N3O2. The lowest BCUT2D eigenvalue weighted by Crippen LogP contribution is -2.35. The van der Waals surface area contributed by atoms with E-state index in [1.54, 1.807) is 19.2 Å². The highest BCUT2D eigenvalue weighted by molar-refractivity contribution is 5.97. The van der Waals surface area contributed by atoms with E-state index in [1.165, 1.54) is 25.7 Å². The number of amides is 3. The van der Waals surface area contributed by atoms with Crippen molar-refractivity contribution in [1.82, 2.24) is 10.2 Å². The van der Waals surface area contributed by atoms with E-state index in [0.29, 0.717) is 16.7 Å². The molecule has 0 bridgehead atoms. The smallest absolute Gasteiger partial charge is 0.321 e. The summed E-state index contributed by atoms with van der Waals surface area (Å²) < 4.78 is 0. The summed E-state index contributed by atoms with van der Waals surface area (Å²) in [7, 11) is 1.60. The number of carbonyl (C=O) groups is 2. The van der Waals surface area contributed by atoms with Gasteiger partial charge in [0.05, 0.1) is 0 Å². The van der Waals surface area contributed by atoms with Gasteiger partial charge in [-0.05, 0) is 49.3 Å². The minimum atomic E-state index is -0.147. The zero-order valence-electron chi connectivity index (χ0n) is 13.9.